The van der Waals surface area contributed by atoms with E-state index in [2.05, 4.69) is 28.8 Å². The fraction of sp³-hybridized carbons (Fsp3) is 0.682. The molecule has 0 bridgehead atoms. The fourth-order valence-corrected chi connectivity index (χ4v) is 5.07. The summed E-state index contributed by atoms with van der Waals surface area (Å²) in [6, 6.07) is 4.91. The second kappa shape index (κ2) is 10.2. The van der Waals surface area contributed by atoms with Crippen molar-refractivity contribution in [3.8, 4) is 0 Å². The van der Waals surface area contributed by atoms with Gasteiger partial charge in [-0.15, -0.1) is 0 Å². The van der Waals surface area contributed by atoms with Crippen molar-refractivity contribution in [2.75, 3.05) is 32.8 Å². The number of aryl methyl sites for hydroxylation is 1. The quantitative estimate of drug-likeness (QED) is 0.650. The lowest BCUT2D eigenvalue weighted by Gasteiger charge is -2.35. The van der Waals surface area contributed by atoms with Gasteiger partial charge in [-0.2, -0.15) is 0 Å². The van der Waals surface area contributed by atoms with E-state index in [1.54, 1.807) is 26.8 Å². The van der Waals surface area contributed by atoms with Crippen LogP contribution in [0.5, 0.6) is 0 Å². The minimum Gasteiger partial charge on any atom is -0.379 e. The Morgan fingerprint density at radius 1 is 1.20 bits per heavy atom. The number of ether oxygens (including phenoxy) is 1. The monoisotopic (exact) mass is 439 g/mol. The molecule has 7 nitrogen and oxygen atoms in total. The van der Waals surface area contributed by atoms with Gasteiger partial charge in [0, 0.05) is 36.8 Å². The van der Waals surface area contributed by atoms with Crippen molar-refractivity contribution >= 4 is 15.9 Å². The van der Waals surface area contributed by atoms with Crippen LogP contribution >= 0.6 is 0 Å². The van der Waals surface area contributed by atoms with E-state index in [9.17, 15) is 13.2 Å². The van der Waals surface area contributed by atoms with Crippen molar-refractivity contribution in [3.63, 3.8) is 0 Å². The van der Waals surface area contributed by atoms with E-state index >= 15 is 0 Å². The third kappa shape index (κ3) is 7.34. The summed E-state index contributed by atoms with van der Waals surface area (Å²) in [5.41, 5.74) is 0.528. The molecule has 1 saturated heterocycles. The van der Waals surface area contributed by atoms with Gasteiger partial charge in [-0.05, 0) is 57.7 Å². The van der Waals surface area contributed by atoms with E-state index in [0.29, 0.717) is 31.2 Å². The molecule has 0 spiro atoms. The van der Waals surface area contributed by atoms with Gasteiger partial charge in [0.25, 0.3) is 5.91 Å². The molecular weight excluding hydrogens is 402 g/mol. The smallest absolute Gasteiger partial charge is 0.251 e. The summed E-state index contributed by atoms with van der Waals surface area (Å²) < 4.78 is 33.4. The van der Waals surface area contributed by atoms with Gasteiger partial charge in [0.15, 0.2) is 0 Å². The third-order valence-electron chi connectivity index (χ3n) is 5.01. The fourth-order valence-electron chi connectivity index (χ4n) is 3.63. The lowest BCUT2D eigenvalue weighted by atomic mass is 10.0. The molecule has 8 heteroatoms. The van der Waals surface area contributed by atoms with E-state index in [4.69, 9.17) is 4.74 Å². The first-order valence-electron chi connectivity index (χ1n) is 10.6. The summed E-state index contributed by atoms with van der Waals surface area (Å²) >= 11 is 0. The number of carbonyl (C=O) groups is 1. The summed E-state index contributed by atoms with van der Waals surface area (Å²) in [7, 11) is -3.71. The summed E-state index contributed by atoms with van der Waals surface area (Å²) in [5, 5.41) is 3.03. The molecule has 30 heavy (non-hydrogen) atoms. The van der Waals surface area contributed by atoms with Crippen LogP contribution in [0.3, 0.4) is 0 Å². The van der Waals surface area contributed by atoms with Gasteiger partial charge in [0.1, 0.15) is 0 Å². The Morgan fingerprint density at radius 3 is 2.40 bits per heavy atom. The maximum atomic E-state index is 12.9. The van der Waals surface area contributed by atoms with Gasteiger partial charge in [-0.3, -0.25) is 9.69 Å². The molecule has 1 aliphatic rings. The molecule has 2 rings (SSSR count). The van der Waals surface area contributed by atoms with Crippen LogP contribution in [0.25, 0.3) is 0 Å². The Morgan fingerprint density at radius 2 is 1.83 bits per heavy atom. The number of hydrogen-bond donors (Lipinski definition) is 2. The van der Waals surface area contributed by atoms with Crippen molar-refractivity contribution in [2.45, 2.75) is 64.4 Å². The predicted molar refractivity (Wildman–Crippen MR) is 119 cm³/mol. The Hall–Kier alpha value is -1.48. The number of nitrogens with one attached hydrogen (secondary N) is 2. The number of amides is 1. The Labute approximate surface area is 181 Å². The van der Waals surface area contributed by atoms with Crippen LogP contribution < -0.4 is 10.0 Å². The minimum atomic E-state index is -3.71. The zero-order valence-electron chi connectivity index (χ0n) is 19.1. The van der Waals surface area contributed by atoms with Crippen LogP contribution in [0.15, 0.2) is 23.1 Å². The highest BCUT2D eigenvalue weighted by molar-refractivity contribution is 7.89. The molecule has 1 heterocycles. The molecule has 0 unspecified atom stereocenters. The number of benzene rings is 1. The first-order valence-corrected chi connectivity index (χ1v) is 12.1. The van der Waals surface area contributed by atoms with Crippen molar-refractivity contribution < 1.29 is 17.9 Å². The standard InChI is InChI=1S/C22H37N3O4S/c1-16(2)13-18(25-9-11-29-12-10-25)15-23-21(26)20-14-19(8-7-17(20)3)30(27,28)24-22(4,5)6/h7-8,14,16,18,24H,9-13,15H2,1-6H3,(H,23,26)/t18-/m0/s1. The van der Waals surface area contributed by atoms with Gasteiger partial charge < -0.3 is 10.1 Å². The van der Waals surface area contributed by atoms with Crippen LogP contribution in [-0.4, -0.2) is 63.7 Å². The number of rotatable bonds is 8. The number of hydrogen-bond acceptors (Lipinski definition) is 5. The molecule has 170 valence electrons. The molecular formula is C22H37N3O4S. The molecule has 2 N–H and O–H groups in total. The first kappa shape index (κ1) is 24.8. The van der Waals surface area contributed by atoms with Crippen molar-refractivity contribution in [3.05, 3.63) is 29.3 Å². The van der Waals surface area contributed by atoms with E-state index in [1.165, 1.54) is 12.1 Å². The van der Waals surface area contributed by atoms with Gasteiger partial charge >= 0.3 is 0 Å². The molecule has 1 aromatic carbocycles. The zero-order valence-corrected chi connectivity index (χ0v) is 19.9. The number of morpholine rings is 1. The topological polar surface area (TPSA) is 87.7 Å². The maximum Gasteiger partial charge on any atom is 0.251 e. The van der Waals surface area contributed by atoms with E-state index < -0.39 is 15.6 Å². The summed E-state index contributed by atoms with van der Waals surface area (Å²) in [4.78, 5) is 15.4. The van der Waals surface area contributed by atoms with Crippen LogP contribution in [0.4, 0.5) is 0 Å². The normalized spacial score (nSPS) is 17.2. The van der Waals surface area contributed by atoms with Crippen molar-refractivity contribution in [1.29, 1.82) is 0 Å². The Kier molecular flexibility index (Phi) is 8.44. The average molecular weight is 440 g/mol. The lowest BCUT2D eigenvalue weighted by Crippen LogP contribution is -2.49. The van der Waals surface area contributed by atoms with E-state index in [-0.39, 0.29) is 16.8 Å². The maximum absolute atomic E-state index is 12.9. The van der Waals surface area contributed by atoms with E-state index in [1.807, 2.05) is 6.92 Å². The van der Waals surface area contributed by atoms with Gasteiger partial charge in [0.2, 0.25) is 10.0 Å². The molecule has 1 aliphatic heterocycles. The molecule has 0 aromatic heterocycles. The highest BCUT2D eigenvalue weighted by atomic mass is 32.2. The molecule has 0 aliphatic carbocycles. The molecule has 1 atom stereocenters. The highest BCUT2D eigenvalue weighted by Crippen LogP contribution is 2.18. The zero-order chi connectivity index (χ0) is 22.5. The largest absolute Gasteiger partial charge is 0.379 e. The molecule has 1 amide bonds. The van der Waals surface area contributed by atoms with Crippen molar-refractivity contribution in [1.82, 2.24) is 14.9 Å². The molecule has 1 fully saturated rings. The second-order valence-electron chi connectivity index (χ2n) is 9.47. The van der Waals surface area contributed by atoms with Gasteiger partial charge in [-0.25, -0.2) is 13.1 Å². The Balaban J connectivity index is 2.15. The SMILES string of the molecule is Cc1ccc(S(=O)(=O)NC(C)(C)C)cc1C(=O)NC[C@H](CC(C)C)N1CCOCC1. The minimum absolute atomic E-state index is 0.0973. The van der Waals surface area contributed by atoms with Crippen LogP contribution in [-0.2, 0) is 14.8 Å². The van der Waals surface area contributed by atoms with E-state index in [0.717, 1.165) is 25.1 Å². The molecule has 1 aromatic rings. The lowest BCUT2D eigenvalue weighted by molar-refractivity contribution is 0.0124. The van der Waals surface area contributed by atoms with Crippen molar-refractivity contribution in [2.24, 2.45) is 5.92 Å². The summed E-state index contributed by atoms with van der Waals surface area (Å²) in [6.45, 7) is 15.2. The molecule has 0 radical (unpaired) electrons. The highest BCUT2D eigenvalue weighted by Gasteiger charge is 2.25. The Bertz CT molecular complexity index is 825. The number of carbonyl (C=O) groups excluding carboxylic acids is 1. The summed E-state index contributed by atoms with van der Waals surface area (Å²) in [6.07, 6.45) is 0.975. The van der Waals surface area contributed by atoms with Gasteiger partial charge in [-0.1, -0.05) is 19.9 Å². The second-order valence-corrected chi connectivity index (χ2v) is 11.2. The summed E-state index contributed by atoms with van der Waals surface area (Å²) in [5.74, 6) is 0.260. The third-order valence-corrected chi connectivity index (χ3v) is 6.76. The molecule has 0 saturated carbocycles. The first-order chi connectivity index (χ1) is 13.9. The number of sulfonamides is 1. The van der Waals surface area contributed by atoms with Crippen LogP contribution in [0.2, 0.25) is 0 Å². The average Bonchev–Trinajstić information content (AvgIpc) is 2.63. The predicted octanol–water partition coefficient (Wildman–Crippen LogP) is 2.55. The van der Waals surface area contributed by atoms with Crippen LogP contribution in [0.1, 0.15) is 57.0 Å². The number of nitrogens with zero attached hydrogens (tertiary/aromatic N) is 1. The van der Waals surface area contributed by atoms with Gasteiger partial charge in [0.05, 0.1) is 18.1 Å². The van der Waals surface area contributed by atoms with Crippen LogP contribution in [0, 0.1) is 12.8 Å².